The first-order valence-electron chi connectivity index (χ1n) is 12.4. The van der Waals surface area contributed by atoms with Crippen molar-refractivity contribution in [1.82, 2.24) is 0 Å². The zero-order valence-electron chi connectivity index (χ0n) is 23.4. The Kier molecular flexibility index (Phi) is 6.66. The molecule has 0 aromatic carbocycles. The van der Waals surface area contributed by atoms with Gasteiger partial charge in [-0.3, -0.25) is 0 Å². The van der Waals surface area contributed by atoms with Crippen molar-refractivity contribution in [2.24, 2.45) is 0 Å². The number of hydrogen-bond acceptors (Lipinski definition) is 5. The predicted octanol–water partition coefficient (Wildman–Crippen LogP) is 4.27. The van der Waals surface area contributed by atoms with Crippen LogP contribution in [0.5, 0.6) is 0 Å². The average Bonchev–Trinajstić information content (AvgIpc) is 3.80. The van der Waals surface area contributed by atoms with E-state index in [0.717, 1.165) is 0 Å². The van der Waals surface area contributed by atoms with Gasteiger partial charge in [-0.15, -0.1) is 0 Å². The Morgan fingerprint density at radius 2 is 1.67 bits per heavy atom. The Balaban J connectivity index is 1.16. The molecular weight excluding hydrogens is 1880 g/mol. The monoisotopic (exact) mass is 1900 g/mol. The minimum atomic E-state index is -2.42. The van der Waals surface area contributed by atoms with Gasteiger partial charge < -0.3 is 0 Å². The summed E-state index contributed by atoms with van der Waals surface area (Å²) in [7, 11) is 5.74. The summed E-state index contributed by atoms with van der Waals surface area (Å²) in [6.07, 6.45) is 2.02. The Bertz CT molecular complexity index is 3320. The van der Waals surface area contributed by atoms with Crippen LogP contribution < -0.4 is 77.1 Å². The van der Waals surface area contributed by atoms with E-state index in [2.05, 4.69) is 28.1 Å². The maximum absolute atomic E-state index is 12.5. The number of halogens is 8. The van der Waals surface area contributed by atoms with Crippen molar-refractivity contribution in [2.75, 3.05) is 0 Å². The zero-order chi connectivity index (χ0) is 30.5. The molecule has 14 aliphatic heterocycles. The number of thiol groups is 2. The molecule has 0 radical (unpaired) electrons. The van der Waals surface area contributed by atoms with E-state index in [-0.39, 0.29) is 42.2 Å². The Hall–Kier alpha value is 16.0. The van der Waals surface area contributed by atoms with Crippen molar-refractivity contribution in [3.63, 3.8) is 0 Å². The van der Waals surface area contributed by atoms with E-state index in [4.69, 9.17) is 23.3 Å². The van der Waals surface area contributed by atoms with Crippen LogP contribution in [-0.4, -0.2) is 14.8 Å². The van der Waals surface area contributed by atoms with E-state index < -0.39 is 122 Å². The maximum atomic E-state index is 12.5. The molecule has 0 bridgehead atoms. The van der Waals surface area contributed by atoms with Gasteiger partial charge in [-0.25, -0.2) is 0 Å². The molecule has 1 nitrogen and oxygen atoms in total. The van der Waals surface area contributed by atoms with Crippen LogP contribution in [0.15, 0.2) is 0 Å². The first-order chi connectivity index (χ1) is 20.4. The molecule has 20 atom stereocenters. The topological polar surface area (TPSA) is 20.2 Å². The fourth-order valence-corrected chi connectivity index (χ4v) is 1960. The molecule has 20 unspecified atom stereocenters. The molecule has 14 aliphatic rings. The van der Waals surface area contributed by atoms with E-state index in [1.165, 1.54) is 0 Å². The first kappa shape index (κ1) is 25.3. The molecule has 36 heteroatoms. The van der Waals surface area contributed by atoms with Crippen LogP contribution in [0, 0.1) is 0 Å². The average molecular weight is 1900 g/mol. The van der Waals surface area contributed by atoms with Crippen molar-refractivity contribution in [3.8, 4) is 0 Å². The summed E-state index contributed by atoms with van der Waals surface area (Å²) >= 11 is 4.19. The van der Waals surface area contributed by atoms with Crippen LogP contribution in [0.1, 0.15) is 0 Å². The van der Waals surface area contributed by atoms with Gasteiger partial charge in [-0.2, -0.15) is 0 Å². The first-order valence-corrected chi connectivity index (χ1v) is 112. The van der Waals surface area contributed by atoms with E-state index in [9.17, 15) is 13.5 Å². The third kappa shape index (κ3) is 3.28. The van der Waals surface area contributed by atoms with Gasteiger partial charge in [0, 0.05) is 0 Å². The van der Waals surface area contributed by atoms with Crippen LogP contribution in [0.3, 0.4) is 0 Å². The molecule has 0 saturated carbocycles. The molecule has 1 N–H and O–H groups in total. The molecule has 0 aromatic heterocycles. The summed E-state index contributed by atoms with van der Waals surface area (Å²) in [5.41, 5.74) is -4.06. The predicted molar refractivity (Wildman–Crippen MR) is 267 cm³/mol. The van der Waals surface area contributed by atoms with Crippen LogP contribution in [0.4, 0.5) is 0 Å². The van der Waals surface area contributed by atoms with Gasteiger partial charge in [0.1, 0.15) is 0 Å². The number of hydrogen-bond donors (Lipinski definition) is 3. The SMILES string of the molecule is [2H]P=S(I)P(P1([2H])=S2(P3([2H])=[S-]4=[P+]3[I-]4)=P1(P1([2H])=[S-]3=[P+]1[I-]3)I2P)P1([2H])=S2(P3([2H])=S4(O)=P3(S)I4S)=P1(P1([2H])=[S-]3=[P+]1[I-]3)I2P1([2H])=[S-]2=[P+]1[I-]2. The van der Waals surface area contributed by atoms with Crippen LogP contribution in [0.2, 0.25) is 0 Å². The van der Waals surface area contributed by atoms with E-state index in [1.807, 2.05) is 0 Å². The second-order valence-electron chi connectivity index (χ2n) is 7.70. The molecule has 0 aromatic rings. The molecule has 14 rings (SSSR count). The minimum absolute atomic E-state index is 0.0287. The van der Waals surface area contributed by atoms with Crippen LogP contribution in [-0.2, 0) is 48.7 Å². The Morgan fingerprint density at radius 1 is 1.11 bits per heavy atom. The quantitative estimate of drug-likeness (QED) is 0.144. The Labute approximate surface area is 310 Å². The molecular formula is H13I8OP17S10-4. The normalized spacial score (nSPS) is 97.6. The molecule has 36 heavy (non-hydrogen) atoms. The molecule has 14 heterocycles. The fourth-order valence-electron chi connectivity index (χ4n) is 4.39. The zero-order valence-corrected chi connectivity index (χ0v) is 56.4. The molecule has 224 valence electrons. The van der Waals surface area contributed by atoms with Crippen molar-refractivity contribution in [1.29, 1.82) is 10.2 Å². The molecule has 0 spiro atoms. The molecule has 0 saturated heterocycles. The second-order valence-corrected chi connectivity index (χ2v) is 324. The van der Waals surface area contributed by atoms with E-state index >= 15 is 0 Å². The van der Waals surface area contributed by atoms with Crippen LogP contribution in [0.25, 0.3) is 0 Å². The summed E-state index contributed by atoms with van der Waals surface area (Å²) < 4.78 is 89.6. The van der Waals surface area contributed by atoms with Gasteiger partial charge in [0.25, 0.3) is 0 Å². The van der Waals surface area contributed by atoms with Crippen LogP contribution >= 0.6 is 180 Å². The van der Waals surface area contributed by atoms with E-state index in [1.54, 1.807) is 0 Å². The van der Waals surface area contributed by atoms with E-state index in [0.29, 0.717) is 91.5 Å². The summed E-state index contributed by atoms with van der Waals surface area (Å²) in [4.78, 5) is 0. The summed E-state index contributed by atoms with van der Waals surface area (Å²) in [6, 6.07) is -8.08. The number of rotatable bonds is 8. The van der Waals surface area contributed by atoms with Gasteiger partial charge in [0.05, 0.1) is 0 Å². The van der Waals surface area contributed by atoms with Crippen molar-refractivity contribution in [2.45, 2.75) is 0 Å². The Morgan fingerprint density at radius 3 is 2.11 bits per heavy atom. The third-order valence-corrected chi connectivity index (χ3v) is 794. The summed E-state index contributed by atoms with van der Waals surface area (Å²) in [5.74, 6) is -1.92. The van der Waals surface area contributed by atoms with Crippen molar-refractivity contribution < 1.29 is 81.6 Å². The van der Waals surface area contributed by atoms with Gasteiger partial charge >= 0.3 is 320 Å². The van der Waals surface area contributed by atoms with Gasteiger partial charge in [0.15, 0.2) is 0 Å². The molecule has 0 fully saturated rings. The molecule has 0 amide bonds. The standard InChI is InChI=1S/H13I8OP17S10/c1-29(11)17(20-24(18-13-3-31(13)18)6(10)35(20,24)22-15-5-33(15)22)21-25(19-14-4-32(14)19)7(16-12-2-30(12)16)36(21,25)23-26(28)8(27)34(23,26)9/h9,11,16,18-23,27-28H,10H2/q-4/i11D,16D,18D,19D,20D,21D,22D,23D. The van der Waals surface area contributed by atoms with Gasteiger partial charge in [0.2, 0.25) is 0 Å². The second kappa shape index (κ2) is 9.46. The molecule has 0 aliphatic carbocycles. The van der Waals surface area contributed by atoms with Crippen molar-refractivity contribution >= 4 is 228 Å². The third-order valence-electron chi connectivity index (χ3n) is 6.41. The fraction of sp³-hybridized carbons (Fsp3) is 0. The van der Waals surface area contributed by atoms with Crippen molar-refractivity contribution in [3.05, 3.63) is 0 Å². The summed E-state index contributed by atoms with van der Waals surface area (Å²) in [5, 5.41) is -2.63. The van der Waals surface area contributed by atoms with Gasteiger partial charge in [-0.1, -0.05) is 0 Å². The summed E-state index contributed by atoms with van der Waals surface area (Å²) in [6.45, 7) is 2.26. The van der Waals surface area contributed by atoms with Gasteiger partial charge in [-0.05, 0) is 0 Å².